The predicted molar refractivity (Wildman–Crippen MR) is 234 cm³/mol. The van der Waals surface area contributed by atoms with Crippen molar-refractivity contribution in [1.29, 1.82) is 0 Å². The number of thiophene rings is 1. The van der Waals surface area contributed by atoms with Crippen LogP contribution in [0, 0.1) is 0 Å². The van der Waals surface area contributed by atoms with Crippen LogP contribution in [0.2, 0.25) is 0 Å². The van der Waals surface area contributed by atoms with Gasteiger partial charge in [0, 0.05) is 28.4 Å². The highest BCUT2D eigenvalue weighted by molar-refractivity contribution is 7.14. The molecule has 0 aliphatic rings. The summed E-state index contributed by atoms with van der Waals surface area (Å²) in [5.74, 6) is 0.215. The van der Waals surface area contributed by atoms with E-state index in [1.807, 2.05) is 93.0 Å². The number of nitrogens with one attached hydrogen (secondary N) is 2. The smallest absolute Gasteiger partial charge is 0.323 e. The largest absolute Gasteiger partial charge is 0.494 e. The number of aromatic nitrogens is 2. The topological polar surface area (TPSA) is 151 Å². The molecule has 0 aliphatic heterocycles. The van der Waals surface area contributed by atoms with Gasteiger partial charge in [-0.3, -0.25) is 9.59 Å². The number of ether oxygens (including phenoxy) is 1. The van der Waals surface area contributed by atoms with E-state index in [1.165, 1.54) is 44.1 Å². The molecule has 2 aromatic heterocycles. The van der Waals surface area contributed by atoms with Crippen molar-refractivity contribution < 1.29 is 29.3 Å². The highest BCUT2D eigenvalue weighted by Crippen LogP contribution is 2.29. The molecular weight excluding hydrogens is 749 g/mol. The number of aliphatic hydroxyl groups is 1. The second-order valence-electron chi connectivity index (χ2n) is 14.6. The number of nitrogens with zero attached hydrogens (tertiary/aromatic N) is 2. The Hall–Kier alpha value is -5.23. The van der Waals surface area contributed by atoms with Gasteiger partial charge < -0.3 is 30.4 Å². The van der Waals surface area contributed by atoms with Gasteiger partial charge in [-0.15, -0.1) is 11.3 Å². The maximum Gasteiger partial charge on any atom is 0.323 e. The summed E-state index contributed by atoms with van der Waals surface area (Å²) in [7, 11) is 1.50. The van der Waals surface area contributed by atoms with Crippen molar-refractivity contribution >= 4 is 29.5 Å². The average molecular weight is 809 g/mol. The predicted octanol–water partition coefficient (Wildman–Crippen LogP) is 9.48. The van der Waals surface area contributed by atoms with E-state index in [9.17, 15) is 19.5 Å². The Bertz CT molecular complexity index is 1940. The quantitative estimate of drug-likeness (QED) is 0.0501. The summed E-state index contributed by atoms with van der Waals surface area (Å²) in [6.07, 6.45) is 9.93. The van der Waals surface area contributed by atoms with Crippen LogP contribution in [0.3, 0.4) is 0 Å². The normalized spacial score (nSPS) is 12.4. The molecule has 11 heteroatoms. The molecule has 5 rings (SSSR count). The summed E-state index contributed by atoms with van der Waals surface area (Å²) in [4.78, 5) is 46.1. The fourth-order valence-corrected chi connectivity index (χ4v) is 6.77. The second kappa shape index (κ2) is 24.5. The SMILES string of the molecule is CC.CCCCCCCOc1ccc(-c2cnc(-c3ccc(CC(C=O)NC(=O)c4ccc(C(C)(C)C)s4)cc3)nc2)cc1.CNC(C(=O)O)C(O)c1ccccc1. The number of carboxylic acids is 1. The minimum Gasteiger partial charge on any atom is -0.494 e. The number of hydrogen-bond acceptors (Lipinski definition) is 9. The third kappa shape index (κ3) is 14.9. The van der Waals surface area contributed by atoms with Crippen molar-refractivity contribution in [3.05, 3.63) is 124 Å². The minimum absolute atomic E-state index is 0.0211. The summed E-state index contributed by atoms with van der Waals surface area (Å²) < 4.78 is 5.87. The number of unbranched alkanes of at least 4 members (excludes halogenated alkanes) is 4. The Morgan fingerprint density at radius 3 is 2.00 bits per heavy atom. The summed E-state index contributed by atoms with van der Waals surface area (Å²) >= 11 is 1.46. The molecule has 5 aromatic rings. The minimum atomic E-state index is -1.07. The fraction of sp³-hybridized carbons (Fsp3) is 0.383. The van der Waals surface area contributed by atoms with Gasteiger partial charge in [0.2, 0.25) is 0 Å². The number of carbonyl (C=O) groups is 3. The number of carboxylic acid groups (broad SMARTS) is 1. The number of aldehydes is 1. The molecule has 3 aromatic carbocycles. The van der Waals surface area contributed by atoms with Crippen molar-refractivity contribution in [2.24, 2.45) is 0 Å². The number of amides is 1. The number of aliphatic hydroxyl groups excluding tert-OH is 1. The van der Waals surface area contributed by atoms with Crippen molar-refractivity contribution in [3.63, 3.8) is 0 Å². The maximum atomic E-state index is 12.7. The zero-order chi connectivity index (χ0) is 42.5. The molecule has 0 fully saturated rings. The van der Waals surface area contributed by atoms with Crippen LogP contribution in [0.1, 0.15) is 105 Å². The first kappa shape index (κ1) is 47.1. The number of aliphatic carboxylic acids is 1. The Balaban J connectivity index is 0.000000472. The van der Waals surface area contributed by atoms with E-state index in [2.05, 4.69) is 48.3 Å². The van der Waals surface area contributed by atoms with Gasteiger partial charge in [-0.05, 0) is 66.3 Å². The highest BCUT2D eigenvalue weighted by atomic mass is 32.1. The standard InChI is InChI=1S/C35H41N3O3S.C10H13NO3.C2H6/c1-5-6-7-8-9-20-41-30-16-14-26(15-17-30)28-22-36-33(37-23-28)27-12-10-25(11-13-27)21-29(24-39)38-34(40)31-18-19-32(42-31)35(2,3)4;1-11-8(10(13)14)9(12)7-5-3-2-4-6-7;1-2/h10-19,22-24,29H,5-9,20-21H2,1-4H3,(H,38,40);2-6,8-9,11-12H,1H3,(H,13,14);1-2H3. The van der Waals surface area contributed by atoms with Gasteiger partial charge >= 0.3 is 5.97 Å². The van der Waals surface area contributed by atoms with Crippen molar-refractivity contribution in [3.8, 4) is 28.3 Å². The van der Waals surface area contributed by atoms with Crippen molar-refractivity contribution in [1.82, 2.24) is 20.6 Å². The van der Waals surface area contributed by atoms with Crippen molar-refractivity contribution in [2.75, 3.05) is 13.7 Å². The van der Waals surface area contributed by atoms with E-state index in [1.54, 1.807) is 24.3 Å². The molecule has 310 valence electrons. The molecule has 10 nitrogen and oxygen atoms in total. The molecule has 3 unspecified atom stereocenters. The monoisotopic (exact) mass is 808 g/mol. The fourth-order valence-electron chi connectivity index (χ4n) is 5.80. The van der Waals surface area contributed by atoms with Crippen LogP contribution in [-0.4, -0.2) is 64.1 Å². The van der Waals surface area contributed by atoms with Gasteiger partial charge in [-0.25, -0.2) is 9.97 Å². The molecule has 2 heterocycles. The summed E-state index contributed by atoms with van der Waals surface area (Å²) in [6, 6.07) is 26.7. The maximum absolute atomic E-state index is 12.7. The van der Waals surface area contributed by atoms with E-state index in [-0.39, 0.29) is 11.3 Å². The number of rotatable bonds is 18. The summed E-state index contributed by atoms with van der Waals surface area (Å²) in [5.41, 5.74) is 4.37. The summed E-state index contributed by atoms with van der Waals surface area (Å²) in [5, 5.41) is 23.9. The van der Waals surface area contributed by atoms with Gasteiger partial charge in [0.15, 0.2) is 5.82 Å². The highest BCUT2D eigenvalue weighted by Gasteiger charge is 2.25. The van der Waals surface area contributed by atoms with Gasteiger partial charge in [0.1, 0.15) is 24.2 Å². The Kier molecular flexibility index (Phi) is 19.9. The first-order valence-electron chi connectivity index (χ1n) is 20.1. The van der Waals surface area contributed by atoms with Crippen LogP contribution in [0.4, 0.5) is 0 Å². The number of hydrogen-bond donors (Lipinski definition) is 4. The van der Waals surface area contributed by atoms with Gasteiger partial charge in [-0.1, -0.05) is 134 Å². The molecule has 3 atom stereocenters. The van der Waals surface area contributed by atoms with Crippen LogP contribution >= 0.6 is 11.3 Å². The van der Waals surface area contributed by atoms with Gasteiger partial charge in [-0.2, -0.15) is 0 Å². The Morgan fingerprint density at radius 2 is 1.45 bits per heavy atom. The third-order valence-corrected chi connectivity index (χ3v) is 10.6. The van der Waals surface area contributed by atoms with E-state index < -0.39 is 24.2 Å². The second-order valence-corrected chi connectivity index (χ2v) is 15.7. The van der Waals surface area contributed by atoms with Crippen LogP contribution in [-0.2, 0) is 21.4 Å². The van der Waals surface area contributed by atoms with Crippen molar-refractivity contribution in [2.45, 2.75) is 104 Å². The molecule has 0 bridgehead atoms. The van der Waals surface area contributed by atoms with Crippen LogP contribution in [0.25, 0.3) is 22.5 Å². The first-order valence-corrected chi connectivity index (χ1v) is 20.9. The first-order chi connectivity index (χ1) is 27.9. The molecule has 58 heavy (non-hydrogen) atoms. The molecule has 4 N–H and O–H groups in total. The number of benzene rings is 3. The number of likely N-dealkylation sites (N-methyl/N-ethyl adjacent to an activating group) is 1. The van der Waals surface area contributed by atoms with Crippen LogP contribution in [0.5, 0.6) is 5.75 Å². The molecule has 0 saturated heterocycles. The lowest BCUT2D eigenvalue weighted by Gasteiger charge is -2.18. The summed E-state index contributed by atoms with van der Waals surface area (Å²) in [6.45, 7) is 13.3. The molecule has 1 amide bonds. The van der Waals surface area contributed by atoms with Crippen LogP contribution < -0.4 is 15.4 Å². The lowest BCUT2D eigenvalue weighted by atomic mass is 9.95. The van der Waals surface area contributed by atoms with E-state index in [0.29, 0.717) is 22.7 Å². The van der Waals surface area contributed by atoms with Gasteiger partial charge in [0.25, 0.3) is 5.91 Å². The zero-order valence-corrected chi connectivity index (χ0v) is 35.7. The van der Waals surface area contributed by atoms with E-state index >= 15 is 0 Å². The molecule has 0 saturated carbocycles. The lowest BCUT2D eigenvalue weighted by molar-refractivity contribution is -0.142. The van der Waals surface area contributed by atoms with E-state index in [4.69, 9.17) is 9.84 Å². The average Bonchev–Trinajstić information content (AvgIpc) is 3.76. The number of carbonyl (C=O) groups excluding carboxylic acids is 2. The molecule has 0 aliphatic carbocycles. The van der Waals surface area contributed by atoms with Crippen LogP contribution in [0.15, 0.2) is 103 Å². The molecule has 0 radical (unpaired) electrons. The lowest BCUT2D eigenvalue weighted by Crippen LogP contribution is -2.39. The third-order valence-electron chi connectivity index (χ3n) is 9.11. The Morgan fingerprint density at radius 1 is 0.828 bits per heavy atom. The van der Waals surface area contributed by atoms with Gasteiger partial charge in [0.05, 0.1) is 17.5 Å². The Labute approximate surface area is 348 Å². The van der Waals surface area contributed by atoms with E-state index in [0.717, 1.165) is 52.2 Å². The molecule has 0 spiro atoms. The molecular formula is C47H60N4O6S. The zero-order valence-electron chi connectivity index (χ0n) is 34.9.